The van der Waals surface area contributed by atoms with Crippen LogP contribution in [0.5, 0.6) is 0 Å². The second-order valence-electron chi connectivity index (χ2n) is 4.32. The Morgan fingerprint density at radius 3 is 2.22 bits per heavy atom. The lowest BCUT2D eigenvalue weighted by Gasteiger charge is -2.34. The van der Waals surface area contributed by atoms with Crippen molar-refractivity contribution in [3.63, 3.8) is 0 Å². The van der Waals surface area contributed by atoms with Crippen LogP contribution in [0.15, 0.2) is 30.3 Å². The topological polar surface area (TPSA) is 32.3 Å². The lowest BCUT2D eigenvalue weighted by Crippen LogP contribution is -2.49. The SMILES string of the molecule is CCCC(CO)(NCC(F)(F)F)c1ccccc1. The zero-order chi connectivity index (χ0) is 13.6. The molecule has 2 nitrogen and oxygen atoms in total. The standard InChI is InChI=1S/C13H18F3NO/c1-2-8-12(10-18,17-9-13(14,15)16)11-6-4-3-5-7-11/h3-7,17-18H,2,8-10H2,1H3. The Kier molecular flexibility index (Phi) is 5.16. The molecule has 0 aromatic heterocycles. The van der Waals surface area contributed by atoms with Gasteiger partial charge in [-0.05, 0) is 12.0 Å². The zero-order valence-electron chi connectivity index (χ0n) is 10.3. The van der Waals surface area contributed by atoms with Gasteiger partial charge in [0.05, 0.1) is 18.7 Å². The van der Waals surface area contributed by atoms with Crippen LogP contribution in [-0.4, -0.2) is 24.4 Å². The Labute approximate surface area is 105 Å². The molecule has 0 heterocycles. The summed E-state index contributed by atoms with van der Waals surface area (Å²) in [6.07, 6.45) is -3.16. The van der Waals surface area contributed by atoms with Crippen molar-refractivity contribution >= 4 is 0 Å². The van der Waals surface area contributed by atoms with Gasteiger partial charge in [-0.25, -0.2) is 0 Å². The summed E-state index contributed by atoms with van der Waals surface area (Å²) in [4.78, 5) is 0. The minimum Gasteiger partial charge on any atom is -0.394 e. The third-order valence-electron chi connectivity index (χ3n) is 2.90. The lowest BCUT2D eigenvalue weighted by molar-refractivity contribution is -0.130. The molecule has 0 saturated carbocycles. The average Bonchev–Trinajstić information content (AvgIpc) is 2.35. The number of alkyl halides is 3. The van der Waals surface area contributed by atoms with Gasteiger partial charge in [0.2, 0.25) is 0 Å². The summed E-state index contributed by atoms with van der Waals surface area (Å²) in [6, 6.07) is 8.77. The molecular weight excluding hydrogens is 243 g/mol. The molecule has 1 unspecified atom stereocenters. The van der Waals surface area contributed by atoms with Gasteiger partial charge in [-0.1, -0.05) is 43.7 Å². The molecule has 0 bridgehead atoms. The molecule has 0 aliphatic rings. The number of aliphatic hydroxyl groups excluding tert-OH is 1. The maximum atomic E-state index is 12.3. The average molecular weight is 261 g/mol. The van der Waals surface area contributed by atoms with Crippen LogP contribution in [0.2, 0.25) is 0 Å². The first-order valence-corrected chi connectivity index (χ1v) is 5.92. The molecule has 0 aliphatic carbocycles. The summed E-state index contributed by atoms with van der Waals surface area (Å²) in [6.45, 7) is 0.409. The largest absolute Gasteiger partial charge is 0.401 e. The molecule has 102 valence electrons. The van der Waals surface area contributed by atoms with E-state index in [9.17, 15) is 18.3 Å². The molecule has 0 aliphatic heterocycles. The first-order chi connectivity index (χ1) is 8.43. The summed E-state index contributed by atoms with van der Waals surface area (Å²) < 4.78 is 37.0. The fourth-order valence-corrected chi connectivity index (χ4v) is 2.01. The third-order valence-corrected chi connectivity index (χ3v) is 2.90. The quantitative estimate of drug-likeness (QED) is 0.825. The molecule has 0 saturated heterocycles. The number of benzene rings is 1. The van der Waals surface area contributed by atoms with Crippen molar-refractivity contribution in [1.82, 2.24) is 5.32 Å². The van der Waals surface area contributed by atoms with E-state index in [1.54, 1.807) is 30.3 Å². The maximum Gasteiger partial charge on any atom is 0.401 e. The van der Waals surface area contributed by atoms with Crippen LogP contribution in [0.3, 0.4) is 0 Å². The molecule has 0 fully saturated rings. The van der Waals surface area contributed by atoms with Crippen molar-refractivity contribution in [2.24, 2.45) is 0 Å². The van der Waals surface area contributed by atoms with Gasteiger partial charge in [0.1, 0.15) is 0 Å². The van der Waals surface area contributed by atoms with Gasteiger partial charge >= 0.3 is 6.18 Å². The van der Waals surface area contributed by atoms with Crippen LogP contribution in [0.4, 0.5) is 13.2 Å². The summed E-state index contributed by atoms with van der Waals surface area (Å²) in [5.41, 5.74) is -0.343. The van der Waals surface area contributed by atoms with Crippen LogP contribution in [0, 0.1) is 0 Å². The number of rotatable bonds is 6. The van der Waals surface area contributed by atoms with Crippen molar-refractivity contribution in [3.05, 3.63) is 35.9 Å². The van der Waals surface area contributed by atoms with E-state index in [-0.39, 0.29) is 6.61 Å². The molecule has 1 atom stereocenters. The van der Waals surface area contributed by atoms with Gasteiger partial charge in [0.15, 0.2) is 0 Å². The van der Waals surface area contributed by atoms with E-state index in [4.69, 9.17) is 0 Å². The molecular formula is C13H18F3NO. The van der Waals surface area contributed by atoms with E-state index >= 15 is 0 Å². The van der Waals surface area contributed by atoms with Gasteiger partial charge in [-0.15, -0.1) is 0 Å². The zero-order valence-corrected chi connectivity index (χ0v) is 10.3. The smallest absolute Gasteiger partial charge is 0.394 e. The normalized spacial score (nSPS) is 15.4. The Balaban J connectivity index is 2.94. The Morgan fingerprint density at radius 1 is 1.17 bits per heavy atom. The van der Waals surface area contributed by atoms with E-state index in [0.29, 0.717) is 18.4 Å². The fraction of sp³-hybridized carbons (Fsp3) is 0.538. The predicted octanol–water partition coefficient (Wildman–Crippen LogP) is 2.83. The number of halogens is 3. The molecule has 0 spiro atoms. The molecule has 5 heteroatoms. The first kappa shape index (κ1) is 15.0. The molecule has 1 aromatic rings. The van der Waals surface area contributed by atoms with Gasteiger partial charge in [-0.3, -0.25) is 5.32 Å². The Bertz CT molecular complexity index is 353. The minimum atomic E-state index is -4.29. The van der Waals surface area contributed by atoms with E-state index in [0.717, 1.165) is 0 Å². The summed E-state index contributed by atoms with van der Waals surface area (Å²) in [5, 5.41) is 12.0. The van der Waals surface area contributed by atoms with Gasteiger partial charge in [0.25, 0.3) is 0 Å². The number of hydrogen-bond donors (Lipinski definition) is 2. The summed E-state index contributed by atoms with van der Waals surface area (Å²) >= 11 is 0. The summed E-state index contributed by atoms with van der Waals surface area (Å²) in [5.74, 6) is 0. The van der Waals surface area contributed by atoms with Crippen molar-refractivity contribution < 1.29 is 18.3 Å². The minimum absolute atomic E-state index is 0.360. The van der Waals surface area contributed by atoms with Crippen molar-refractivity contribution in [2.45, 2.75) is 31.5 Å². The number of nitrogens with one attached hydrogen (secondary N) is 1. The highest BCUT2D eigenvalue weighted by Crippen LogP contribution is 2.27. The number of hydrogen-bond acceptors (Lipinski definition) is 2. The summed E-state index contributed by atoms with van der Waals surface area (Å²) in [7, 11) is 0. The fourth-order valence-electron chi connectivity index (χ4n) is 2.01. The molecule has 1 rings (SSSR count). The first-order valence-electron chi connectivity index (χ1n) is 5.92. The van der Waals surface area contributed by atoms with Crippen LogP contribution >= 0.6 is 0 Å². The number of aliphatic hydroxyl groups is 1. The molecule has 1 aromatic carbocycles. The van der Waals surface area contributed by atoms with E-state index in [1.807, 2.05) is 6.92 Å². The highest BCUT2D eigenvalue weighted by atomic mass is 19.4. The van der Waals surface area contributed by atoms with Crippen molar-refractivity contribution in [3.8, 4) is 0 Å². The second-order valence-corrected chi connectivity index (χ2v) is 4.32. The molecule has 0 amide bonds. The molecule has 2 N–H and O–H groups in total. The maximum absolute atomic E-state index is 12.3. The van der Waals surface area contributed by atoms with Crippen LogP contribution in [0.1, 0.15) is 25.3 Å². The third kappa shape index (κ3) is 3.99. The lowest BCUT2D eigenvalue weighted by atomic mass is 9.86. The van der Waals surface area contributed by atoms with E-state index in [2.05, 4.69) is 5.32 Å². The van der Waals surface area contributed by atoms with Crippen LogP contribution in [0.25, 0.3) is 0 Å². The predicted molar refractivity (Wildman–Crippen MR) is 64.2 cm³/mol. The van der Waals surface area contributed by atoms with Crippen molar-refractivity contribution in [2.75, 3.05) is 13.2 Å². The Morgan fingerprint density at radius 2 is 1.78 bits per heavy atom. The van der Waals surface area contributed by atoms with E-state index in [1.165, 1.54) is 0 Å². The van der Waals surface area contributed by atoms with Gasteiger partial charge in [0, 0.05) is 0 Å². The van der Waals surface area contributed by atoms with Crippen molar-refractivity contribution in [1.29, 1.82) is 0 Å². The van der Waals surface area contributed by atoms with Crippen LogP contribution in [-0.2, 0) is 5.54 Å². The molecule has 0 radical (unpaired) electrons. The van der Waals surface area contributed by atoms with Gasteiger partial charge < -0.3 is 5.11 Å². The van der Waals surface area contributed by atoms with E-state index < -0.39 is 18.3 Å². The van der Waals surface area contributed by atoms with Crippen LogP contribution < -0.4 is 5.32 Å². The molecule has 18 heavy (non-hydrogen) atoms. The van der Waals surface area contributed by atoms with Gasteiger partial charge in [-0.2, -0.15) is 13.2 Å². The highest BCUT2D eigenvalue weighted by Gasteiger charge is 2.36. The monoisotopic (exact) mass is 261 g/mol. The second kappa shape index (κ2) is 6.20. The highest BCUT2D eigenvalue weighted by molar-refractivity contribution is 5.24. The Hall–Kier alpha value is -1.07.